The fourth-order valence-electron chi connectivity index (χ4n) is 4.44. The fourth-order valence-corrected chi connectivity index (χ4v) is 4.44. The summed E-state index contributed by atoms with van der Waals surface area (Å²) in [5.41, 5.74) is 1.40. The molecule has 3 aliphatic rings. The second kappa shape index (κ2) is 7.06. The van der Waals surface area contributed by atoms with Gasteiger partial charge in [0, 0.05) is 44.0 Å². The van der Waals surface area contributed by atoms with E-state index < -0.39 is 5.60 Å². The van der Waals surface area contributed by atoms with Crippen molar-refractivity contribution in [3.63, 3.8) is 0 Å². The molecule has 4 rings (SSSR count). The van der Waals surface area contributed by atoms with Gasteiger partial charge >= 0.3 is 6.09 Å². The third-order valence-electron chi connectivity index (χ3n) is 6.13. The van der Waals surface area contributed by atoms with Crippen molar-refractivity contribution in [2.45, 2.75) is 57.6 Å². The van der Waals surface area contributed by atoms with E-state index in [0.717, 1.165) is 36.1 Å². The maximum atomic E-state index is 12.9. The van der Waals surface area contributed by atoms with Gasteiger partial charge < -0.3 is 19.3 Å². The Bertz CT molecular complexity index is 740. The lowest BCUT2D eigenvalue weighted by Gasteiger charge is -2.37. The van der Waals surface area contributed by atoms with Crippen LogP contribution < -0.4 is 4.74 Å². The maximum absolute atomic E-state index is 12.9. The van der Waals surface area contributed by atoms with Crippen LogP contribution in [0.15, 0.2) is 18.2 Å². The van der Waals surface area contributed by atoms with Crippen LogP contribution in [-0.2, 0) is 11.2 Å². The van der Waals surface area contributed by atoms with Crippen molar-refractivity contribution < 1.29 is 19.1 Å². The van der Waals surface area contributed by atoms with Gasteiger partial charge in [-0.2, -0.15) is 0 Å². The molecule has 0 aromatic heterocycles. The minimum atomic E-state index is -0.429. The van der Waals surface area contributed by atoms with E-state index in [1.54, 1.807) is 0 Å². The van der Waals surface area contributed by atoms with Crippen molar-refractivity contribution in [1.82, 2.24) is 9.80 Å². The zero-order valence-electron chi connectivity index (χ0n) is 16.2. The quantitative estimate of drug-likeness (QED) is 0.814. The van der Waals surface area contributed by atoms with Crippen molar-refractivity contribution in [1.29, 1.82) is 0 Å². The lowest BCUT2D eigenvalue weighted by atomic mass is 9.90. The largest absolute Gasteiger partial charge is 0.493 e. The summed E-state index contributed by atoms with van der Waals surface area (Å²) in [6.07, 6.45) is 4.10. The van der Waals surface area contributed by atoms with E-state index in [1.807, 2.05) is 28.0 Å². The van der Waals surface area contributed by atoms with Gasteiger partial charge in [0.25, 0.3) is 5.91 Å². The number of benzene rings is 1. The smallest absolute Gasteiger partial charge is 0.410 e. The summed E-state index contributed by atoms with van der Waals surface area (Å²) in [5.74, 6) is 0.948. The Morgan fingerprint density at radius 3 is 2.81 bits per heavy atom. The molecule has 0 aliphatic carbocycles. The molecule has 0 radical (unpaired) electrons. The lowest BCUT2D eigenvalue weighted by molar-refractivity contribution is 0.00306. The van der Waals surface area contributed by atoms with Crippen LogP contribution in [0.2, 0.25) is 0 Å². The predicted molar refractivity (Wildman–Crippen MR) is 101 cm³/mol. The van der Waals surface area contributed by atoms with Crippen LogP contribution in [0.1, 0.15) is 55.5 Å². The van der Waals surface area contributed by atoms with E-state index in [2.05, 4.69) is 13.8 Å². The van der Waals surface area contributed by atoms with E-state index >= 15 is 0 Å². The molecule has 1 aromatic rings. The lowest BCUT2D eigenvalue weighted by Crippen LogP contribution is -2.49. The summed E-state index contributed by atoms with van der Waals surface area (Å²) < 4.78 is 11.3. The molecular formula is C21H28N2O4. The van der Waals surface area contributed by atoms with E-state index in [9.17, 15) is 9.59 Å². The van der Waals surface area contributed by atoms with Gasteiger partial charge in [0.1, 0.15) is 11.4 Å². The predicted octanol–water partition coefficient (Wildman–Crippen LogP) is 3.24. The summed E-state index contributed by atoms with van der Waals surface area (Å²) in [6, 6.07) is 5.90. The Morgan fingerprint density at radius 1 is 1.30 bits per heavy atom. The molecule has 146 valence electrons. The Morgan fingerprint density at radius 2 is 2.07 bits per heavy atom. The van der Waals surface area contributed by atoms with Crippen molar-refractivity contribution in [2.75, 3.05) is 26.2 Å². The first-order valence-corrected chi connectivity index (χ1v) is 10.1. The zero-order valence-corrected chi connectivity index (χ0v) is 16.2. The van der Waals surface area contributed by atoms with Crippen LogP contribution >= 0.6 is 0 Å². The molecule has 1 aromatic carbocycles. The number of hydrogen-bond donors (Lipinski definition) is 0. The molecule has 2 saturated heterocycles. The van der Waals surface area contributed by atoms with Gasteiger partial charge in [-0.25, -0.2) is 4.79 Å². The second-order valence-corrected chi connectivity index (χ2v) is 8.03. The molecular weight excluding hydrogens is 344 g/mol. The average Bonchev–Trinajstić information content (AvgIpc) is 3.26. The number of ether oxygens (including phenoxy) is 2. The summed E-state index contributed by atoms with van der Waals surface area (Å²) in [7, 11) is 0. The Labute approximate surface area is 160 Å². The van der Waals surface area contributed by atoms with Crippen molar-refractivity contribution in [3.05, 3.63) is 29.3 Å². The molecule has 2 fully saturated rings. The number of carbonyl (C=O) groups excluding carboxylic acids is 2. The number of fused-ring (bicyclic) bond motifs is 1. The van der Waals surface area contributed by atoms with E-state index in [4.69, 9.17) is 9.47 Å². The molecule has 0 saturated carbocycles. The highest BCUT2D eigenvalue weighted by Crippen LogP contribution is 2.35. The standard InChI is InChI=1S/C21H28N2O4/c1-3-4-15(2)23-14-21(27-20(23)25)8-10-22(11-9-21)19(24)17-5-6-18-16(13-17)7-12-26-18/h5-6,13,15H,3-4,7-12,14H2,1-2H3. The van der Waals surface area contributed by atoms with Crippen LogP contribution in [-0.4, -0.2) is 59.7 Å². The van der Waals surface area contributed by atoms with Crippen LogP contribution in [0, 0.1) is 0 Å². The Hall–Kier alpha value is -2.24. The molecule has 3 aliphatic heterocycles. The van der Waals surface area contributed by atoms with Crippen LogP contribution in [0.4, 0.5) is 4.79 Å². The maximum Gasteiger partial charge on any atom is 0.410 e. The minimum absolute atomic E-state index is 0.0556. The van der Waals surface area contributed by atoms with Crippen molar-refractivity contribution in [3.8, 4) is 5.75 Å². The van der Waals surface area contributed by atoms with Crippen molar-refractivity contribution in [2.24, 2.45) is 0 Å². The molecule has 1 atom stereocenters. The van der Waals surface area contributed by atoms with Crippen molar-refractivity contribution >= 4 is 12.0 Å². The van der Waals surface area contributed by atoms with Crippen LogP contribution in [0.3, 0.4) is 0 Å². The Kier molecular flexibility index (Phi) is 4.74. The summed E-state index contributed by atoms with van der Waals surface area (Å²) in [6.45, 7) is 6.79. The van der Waals surface area contributed by atoms with E-state index in [-0.39, 0.29) is 18.0 Å². The SMILES string of the molecule is CCCC(C)N1CC2(CCN(C(=O)c3ccc4c(c3)CCO4)CC2)OC1=O. The van der Waals surface area contributed by atoms with Gasteiger partial charge in [-0.3, -0.25) is 4.79 Å². The summed E-state index contributed by atoms with van der Waals surface area (Å²) >= 11 is 0. The number of carbonyl (C=O) groups is 2. The highest BCUT2D eigenvalue weighted by molar-refractivity contribution is 5.94. The van der Waals surface area contributed by atoms with Gasteiger partial charge in [-0.15, -0.1) is 0 Å². The molecule has 1 spiro atoms. The molecule has 0 bridgehead atoms. The molecule has 3 heterocycles. The van der Waals surface area contributed by atoms with Gasteiger partial charge in [-0.05, 0) is 37.1 Å². The number of rotatable bonds is 4. The number of likely N-dealkylation sites (tertiary alicyclic amines) is 1. The van der Waals surface area contributed by atoms with Gasteiger partial charge in [0.2, 0.25) is 0 Å². The topological polar surface area (TPSA) is 59.1 Å². The molecule has 2 amide bonds. The van der Waals surface area contributed by atoms with E-state index in [1.165, 1.54) is 0 Å². The molecule has 6 nitrogen and oxygen atoms in total. The highest BCUT2D eigenvalue weighted by atomic mass is 16.6. The third kappa shape index (κ3) is 3.37. The van der Waals surface area contributed by atoms with Crippen LogP contribution in [0.25, 0.3) is 0 Å². The van der Waals surface area contributed by atoms with Gasteiger partial charge in [0.05, 0.1) is 13.2 Å². The zero-order chi connectivity index (χ0) is 19.0. The second-order valence-electron chi connectivity index (χ2n) is 8.03. The third-order valence-corrected chi connectivity index (χ3v) is 6.13. The van der Waals surface area contributed by atoms with Crippen LogP contribution in [0.5, 0.6) is 5.75 Å². The number of piperidine rings is 1. The first kappa shape index (κ1) is 18.1. The Balaban J connectivity index is 1.39. The monoisotopic (exact) mass is 372 g/mol. The molecule has 0 N–H and O–H groups in total. The van der Waals surface area contributed by atoms with E-state index in [0.29, 0.717) is 39.1 Å². The van der Waals surface area contributed by atoms with Gasteiger partial charge in [-0.1, -0.05) is 13.3 Å². The summed E-state index contributed by atoms with van der Waals surface area (Å²) in [5, 5.41) is 0. The van der Waals surface area contributed by atoms with Gasteiger partial charge in [0.15, 0.2) is 0 Å². The number of hydrogen-bond acceptors (Lipinski definition) is 4. The normalized spacial score (nSPS) is 21.8. The molecule has 1 unspecified atom stereocenters. The fraction of sp³-hybridized carbons (Fsp3) is 0.619. The summed E-state index contributed by atoms with van der Waals surface area (Å²) in [4.78, 5) is 29.0. The molecule has 27 heavy (non-hydrogen) atoms. The molecule has 6 heteroatoms. The number of nitrogens with zero attached hydrogens (tertiary/aromatic N) is 2. The average molecular weight is 372 g/mol. The highest BCUT2D eigenvalue weighted by Gasteiger charge is 2.48. The number of amides is 2. The first-order chi connectivity index (χ1) is 13.0. The minimum Gasteiger partial charge on any atom is -0.493 e. The first-order valence-electron chi connectivity index (χ1n) is 10.1.